The molecule has 0 heterocycles. The van der Waals surface area contributed by atoms with Gasteiger partial charge < -0.3 is 4.74 Å². The van der Waals surface area contributed by atoms with Crippen LogP contribution in [0.5, 0.6) is 5.75 Å². The quantitative estimate of drug-likeness (QED) is 0.671. The summed E-state index contributed by atoms with van der Waals surface area (Å²) in [5.41, 5.74) is 2.95. The van der Waals surface area contributed by atoms with E-state index < -0.39 is 0 Å². The molecule has 0 radical (unpaired) electrons. The highest BCUT2D eigenvalue weighted by Crippen LogP contribution is 2.33. The highest BCUT2D eigenvalue weighted by molar-refractivity contribution is 6.37. The van der Waals surface area contributed by atoms with Crippen molar-refractivity contribution in [2.45, 2.75) is 6.92 Å². The maximum absolute atomic E-state index is 10.6. The molecule has 0 saturated heterocycles. The van der Waals surface area contributed by atoms with Crippen LogP contribution in [0.2, 0.25) is 10.0 Å². The molecule has 0 aliphatic heterocycles. The van der Waals surface area contributed by atoms with Crippen molar-refractivity contribution in [3.8, 4) is 5.75 Å². The van der Waals surface area contributed by atoms with Crippen LogP contribution in [0.4, 0.5) is 0 Å². The van der Waals surface area contributed by atoms with Gasteiger partial charge in [0.05, 0.1) is 23.4 Å². The van der Waals surface area contributed by atoms with Crippen molar-refractivity contribution in [3.63, 3.8) is 0 Å². The number of hydrogen-bond donors (Lipinski definition) is 1. The number of nitrogens with one attached hydrogen (secondary N) is 1. The number of ether oxygens (including phenoxy) is 1. The molecule has 0 spiro atoms. The molecule has 0 bridgehead atoms. The highest BCUT2D eigenvalue weighted by Gasteiger charge is 2.07. The van der Waals surface area contributed by atoms with Crippen LogP contribution >= 0.6 is 23.2 Å². The molecule has 1 N–H and O–H groups in total. The van der Waals surface area contributed by atoms with E-state index in [1.165, 1.54) is 20.2 Å². The molecule has 0 fully saturated rings. The Labute approximate surface area is 103 Å². The van der Waals surface area contributed by atoms with E-state index in [1.54, 1.807) is 12.1 Å². The number of hydrazone groups is 1. The van der Waals surface area contributed by atoms with Crippen LogP contribution in [0, 0.1) is 0 Å². The Hall–Kier alpha value is -1.26. The fourth-order valence-electron chi connectivity index (χ4n) is 1.05. The molecule has 0 aliphatic carbocycles. The van der Waals surface area contributed by atoms with Gasteiger partial charge in [-0.2, -0.15) is 5.10 Å². The van der Waals surface area contributed by atoms with Crippen molar-refractivity contribution in [2.24, 2.45) is 5.10 Å². The van der Waals surface area contributed by atoms with Gasteiger partial charge in [-0.25, -0.2) is 5.43 Å². The normalized spacial score (nSPS) is 10.5. The minimum atomic E-state index is -0.248. The molecule has 0 saturated carbocycles. The average molecular weight is 261 g/mol. The highest BCUT2D eigenvalue weighted by atomic mass is 35.5. The van der Waals surface area contributed by atoms with Crippen LogP contribution in [-0.4, -0.2) is 19.2 Å². The molecule has 16 heavy (non-hydrogen) atoms. The monoisotopic (exact) mass is 260 g/mol. The number of carbonyl (C=O) groups is 1. The number of hydrogen-bond acceptors (Lipinski definition) is 3. The smallest absolute Gasteiger partial charge is 0.236 e. The molecule has 0 aliphatic rings. The summed E-state index contributed by atoms with van der Waals surface area (Å²) in [6.07, 6.45) is 1.44. The summed E-state index contributed by atoms with van der Waals surface area (Å²) < 4.78 is 5.00. The van der Waals surface area contributed by atoms with E-state index in [0.717, 1.165) is 0 Å². The zero-order valence-corrected chi connectivity index (χ0v) is 10.3. The Morgan fingerprint density at radius 3 is 2.44 bits per heavy atom. The van der Waals surface area contributed by atoms with Gasteiger partial charge in [0.1, 0.15) is 0 Å². The summed E-state index contributed by atoms with van der Waals surface area (Å²) in [4.78, 5) is 10.6. The second kappa shape index (κ2) is 5.72. The standard InChI is InChI=1S/C10H10Cl2N2O2/c1-6(15)14-13-5-7-3-8(11)10(16-2)9(12)4-7/h3-5H,1-2H3,(H,14,15). The third kappa shape index (κ3) is 3.40. The maximum atomic E-state index is 10.6. The summed E-state index contributed by atoms with van der Waals surface area (Å²) in [5, 5.41) is 4.47. The van der Waals surface area contributed by atoms with Gasteiger partial charge in [0.2, 0.25) is 5.91 Å². The van der Waals surface area contributed by atoms with E-state index in [9.17, 15) is 4.79 Å². The topological polar surface area (TPSA) is 50.7 Å². The van der Waals surface area contributed by atoms with E-state index >= 15 is 0 Å². The van der Waals surface area contributed by atoms with Crippen molar-refractivity contribution in [2.75, 3.05) is 7.11 Å². The van der Waals surface area contributed by atoms with E-state index in [1.807, 2.05) is 0 Å². The van der Waals surface area contributed by atoms with E-state index in [2.05, 4.69) is 10.5 Å². The van der Waals surface area contributed by atoms with E-state index in [-0.39, 0.29) is 5.91 Å². The van der Waals surface area contributed by atoms with Crippen molar-refractivity contribution in [1.29, 1.82) is 0 Å². The van der Waals surface area contributed by atoms with Crippen LogP contribution in [0.3, 0.4) is 0 Å². The number of amides is 1. The second-order valence-electron chi connectivity index (χ2n) is 2.94. The first-order valence-electron chi connectivity index (χ1n) is 4.37. The molecule has 1 aromatic carbocycles. The van der Waals surface area contributed by atoms with Gasteiger partial charge in [-0.3, -0.25) is 4.79 Å². The van der Waals surface area contributed by atoms with Crippen molar-refractivity contribution in [3.05, 3.63) is 27.7 Å². The van der Waals surface area contributed by atoms with Crippen molar-refractivity contribution in [1.82, 2.24) is 5.43 Å². The number of rotatable bonds is 3. The Bertz CT molecular complexity index is 410. The molecule has 86 valence electrons. The first-order valence-corrected chi connectivity index (χ1v) is 5.13. The lowest BCUT2D eigenvalue weighted by molar-refractivity contribution is -0.118. The molecule has 0 atom stereocenters. The first-order chi connectivity index (χ1) is 7.54. The predicted octanol–water partition coefficient (Wildman–Crippen LogP) is 2.47. The van der Waals surface area contributed by atoms with Gasteiger partial charge in [-0.15, -0.1) is 0 Å². The molecule has 1 aromatic rings. The maximum Gasteiger partial charge on any atom is 0.236 e. The molecule has 4 nitrogen and oxygen atoms in total. The predicted molar refractivity (Wildman–Crippen MR) is 64.4 cm³/mol. The van der Waals surface area contributed by atoms with Gasteiger partial charge in [0, 0.05) is 6.92 Å². The molecule has 0 aromatic heterocycles. The Morgan fingerprint density at radius 2 is 2.00 bits per heavy atom. The van der Waals surface area contributed by atoms with Gasteiger partial charge in [-0.05, 0) is 17.7 Å². The molecule has 1 rings (SSSR count). The fraction of sp³-hybridized carbons (Fsp3) is 0.200. The summed E-state index contributed by atoms with van der Waals surface area (Å²) in [5.74, 6) is 0.168. The van der Waals surface area contributed by atoms with Crippen LogP contribution in [0.15, 0.2) is 17.2 Å². The Morgan fingerprint density at radius 1 is 1.44 bits per heavy atom. The number of benzene rings is 1. The van der Waals surface area contributed by atoms with Crippen LogP contribution < -0.4 is 10.2 Å². The van der Waals surface area contributed by atoms with E-state index in [4.69, 9.17) is 27.9 Å². The molecule has 1 amide bonds. The zero-order chi connectivity index (χ0) is 12.1. The second-order valence-corrected chi connectivity index (χ2v) is 3.76. The van der Waals surface area contributed by atoms with Crippen molar-refractivity contribution >= 4 is 35.3 Å². The summed E-state index contributed by atoms with van der Waals surface area (Å²) in [6.45, 7) is 1.37. The number of halogens is 2. The first kappa shape index (κ1) is 12.8. The lowest BCUT2D eigenvalue weighted by Crippen LogP contribution is -2.12. The van der Waals surface area contributed by atoms with Gasteiger partial charge >= 0.3 is 0 Å². The minimum absolute atomic E-state index is 0.248. The van der Waals surface area contributed by atoms with Crippen LogP contribution in [-0.2, 0) is 4.79 Å². The van der Waals surface area contributed by atoms with E-state index in [0.29, 0.717) is 21.4 Å². The molecule has 0 unspecified atom stereocenters. The molecule has 6 heteroatoms. The Balaban J connectivity index is 2.91. The minimum Gasteiger partial charge on any atom is -0.494 e. The summed E-state index contributed by atoms with van der Waals surface area (Å²) >= 11 is 11.8. The number of methoxy groups -OCH3 is 1. The average Bonchev–Trinajstić information content (AvgIpc) is 2.16. The fourth-order valence-corrected chi connectivity index (χ4v) is 1.70. The van der Waals surface area contributed by atoms with Gasteiger partial charge in [0.15, 0.2) is 5.75 Å². The zero-order valence-electron chi connectivity index (χ0n) is 8.75. The summed E-state index contributed by atoms with van der Waals surface area (Å²) in [6, 6.07) is 3.27. The molecular formula is C10H10Cl2N2O2. The van der Waals surface area contributed by atoms with Crippen LogP contribution in [0.25, 0.3) is 0 Å². The lowest BCUT2D eigenvalue weighted by Gasteiger charge is -2.06. The van der Waals surface area contributed by atoms with Crippen LogP contribution in [0.1, 0.15) is 12.5 Å². The lowest BCUT2D eigenvalue weighted by atomic mass is 10.2. The third-order valence-electron chi connectivity index (χ3n) is 1.66. The van der Waals surface area contributed by atoms with Crippen molar-refractivity contribution < 1.29 is 9.53 Å². The number of nitrogens with zero attached hydrogens (tertiary/aromatic N) is 1. The summed E-state index contributed by atoms with van der Waals surface area (Å²) in [7, 11) is 1.48. The van der Waals surface area contributed by atoms with Gasteiger partial charge in [-0.1, -0.05) is 23.2 Å². The largest absolute Gasteiger partial charge is 0.494 e. The van der Waals surface area contributed by atoms with Gasteiger partial charge in [0.25, 0.3) is 0 Å². The Kier molecular flexibility index (Phi) is 4.58. The SMILES string of the molecule is COc1c(Cl)cc(C=NNC(C)=O)cc1Cl. The third-order valence-corrected chi connectivity index (χ3v) is 2.22. The number of carbonyl (C=O) groups excluding carboxylic acids is 1. The molecular weight excluding hydrogens is 251 g/mol.